The van der Waals surface area contributed by atoms with Crippen molar-refractivity contribution in [3.05, 3.63) is 59.4 Å². The van der Waals surface area contributed by atoms with E-state index in [1.165, 1.54) is 12.1 Å². The molecule has 4 heteroatoms. The SMILES string of the molecule is CN1CCOc2cc(C(=O)c3ccccc3F)ccc21. The summed E-state index contributed by atoms with van der Waals surface area (Å²) in [4.78, 5) is 14.4. The molecule has 0 N–H and O–H groups in total. The van der Waals surface area contributed by atoms with E-state index < -0.39 is 5.82 Å². The lowest BCUT2D eigenvalue weighted by molar-refractivity contribution is 0.103. The zero-order valence-corrected chi connectivity index (χ0v) is 11.1. The molecule has 1 heterocycles. The highest BCUT2D eigenvalue weighted by Gasteiger charge is 2.19. The number of benzene rings is 2. The standard InChI is InChI=1S/C16H14FNO2/c1-18-8-9-20-15-10-11(6-7-14(15)18)16(19)12-4-2-3-5-13(12)17/h2-7,10H,8-9H2,1H3. The van der Waals surface area contributed by atoms with Gasteiger partial charge in [0.05, 0.1) is 17.8 Å². The van der Waals surface area contributed by atoms with Gasteiger partial charge in [0.25, 0.3) is 0 Å². The molecule has 1 aliphatic rings. The molecule has 0 amide bonds. The smallest absolute Gasteiger partial charge is 0.196 e. The number of ketones is 1. The highest BCUT2D eigenvalue weighted by molar-refractivity contribution is 6.09. The van der Waals surface area contributed by atoms with Crippen LogP contribution in [0.3, 0.4) is 0 Å². The van der Waals surface area contributed by atoms with Crippen molar-refractivity contribution in [1.29, 1.82) is 0 Å². The van der Waals surface area contributed by atoms with Gasteiger partial charge in [0.15, 0.2) is 5.78 Å². The van der Waals surface area contributed by atoms with Crippen LogP contribution < -0.4 is 9.64 Å². The van der Waals surface area contributed by atoms with Crippen LogP contribution in [0.25, 0.3) is 0 Å². The number of ether oxygens (including phenoxy) is 1. The number of anilines is 1. The van der Waals surface area contributed by atoms with Crippen LogP contribution in [0.15, 0.2) is 42.5 Å². The van der Waals surface area contributed by atoms with Crippen molar-refractivity contribution in [1.82, 2.24) is 0 Å². The third-order valence-corrected chi connectivity index (χ3v) is 3.44. The van der Waals surface area contributed by atoms with Gasteiger partial charge in [-0.3, -0.25) is 4.79 Å². The van der Waals surface area contributed by atoms with Crippen molar-refractivity contribution >= 4 is 11.5 Å². The number of nitrogens with zero attached hydrogens (tertiary/aromatic N) is 1. The second-order valence-corrected chi connectivity index (χ2v) is 4.76. The van der Waals surface area contributed by atoms with Crippen LogP contribution in [0.2, 0.25) is 0 Å². The Balaban J connectivity index is 1.99. The number of carbonyl (C=O) groups is 1. The van der Waals surface area contributed by atoms with E-state index in [1.54, 1.807) is 24.3 Å². The number of halogens is 1. The summed E-state index contributed by atoms with van der Waals surface area (Å²) in [6.45, 7) is 1.40. The van der Waals surface area contributed by atoms with Crippen LogP contribution in [-0.2, 0) is 0 Å². The van der Waals surface area contributed by atoms with Crippen LogP contribution in [0.5, 0.6) is 5.75 Å². The highest BCUT2D eigenvalue weighted by atomic mass is 19.1. The maximum Gasteiger partial charge on any atom is 0.196 e. The maximum absolute atomic E-state index is 13.7. The molecule has 2 aromatic carbocycles. The summed E-state index contributed by atoms with van der Waals surface area (Å²) in [6, 6.07) is 11.2. The maximum atomic E-state index is 13.7. The van der Waals surface area contributed by atoms with E-state index in [0.29, 0.717) is 17.9 Å². The first-order valence-electron chi connectivity index (χ1n) is 6.44. The fourth-order valence-electron chi connectivity index (χ4n) is 2.30. The summed E-state index contributed by atoms with van der Waals surface area (Å²) in [6.07, 6.45) is 0. The Morgan fingerprint density at radius 3 is 2.85 bits per heavy atom. The molecule has 0 spiro atoms. The van der Waals surface area contributed by atoms with Gasteiger partial charge in [0, 0.05) is 12.6 Å². The second kappa shape index (κ2) is 4.96. The molecule has 20 heavy (non-hydrogen) atoms. The van der Waals surface area contributed by atoms with E-state index in [1.807, 2.05) is 13.1 Å². The number of hydrogen-bond donors (Lipinski definition) is 0. The van der Waals surface area contributed by atoms with Crippen LogP contribution >= 0.6 is 0 Å². The Morgan fingerprint density at radius 2 is 2.05 bits per heavy atom. The van der Waals surface area contributed by atoms with Gasteiger partial charge in [-0.15, -0.1) is 0 Å². The minimum atomic E-state index is -0.506. The van der Waals surface area contributed by atoms with Gasteiger partial charge < -0.3 is 9.64 Å². The number of hydrogen-bond acceptors (Lipinski definition) is 3. The lowest BCUT2D eigenvalue weighted by Crippen LogP contribution is -2.28. The van der Waals surface area contributed by atoms with Crippen molar-refractivity contribution in [2.45, 2.75) is 0 Å². The molecule has 0 saturated carbocycles. The molecule has 0 bridgehead atoms. The van der Waals surface area contributed by atoms with Crippen molar-refractivity contribution in [2.75, 3.05) is 25.1 Å². The third-order valence-electron chi connectivity index (χ3n) is 3.44. The van der Waals surface area contributed by atoms with Gasteiger partial charge >= 0.3 is 0 Å². The summed E-state index contributed by atoms with van der Waals surface area (Å²) in [7, 11) is 1.97. The van der Waals surface area contributed by atoms with Crippen LogP contribution in [0, 0.1) is 5.82 Å². The molecule has 0 aliphatic carbocycles. The average Bonchev–Trinajstić information content (AvgIpc) is 2.47. The lowest BCUT2D eigenvalue weighted by Gasteiger charge is -2.27. The Labute approximate surface area is 116 Å². The molecule has 0 fully saturated rings. The minimum absolute atomic E-state index is 0.0802. The molecular formula is C16H14FNO2. The van der Waals surface area contributed by atoms with Crippen LogP contribution in [0.1, 0.15) is 15.9 Å². The summed E-state index contributed by atoms with van der Waals surface area (Å²) in [5, 5.41) is 0. The first kappa shape index (κ1) is 12.7. The zero-order chi connectivity index (χ0) is 14.1. The highest BCUT2D eigenvalue weighted by Crippen LogP contribution is 2.32. The molecule has 0 atom stereocenters. The minimum Gasteiger partial charge on any atom is -0.490 e. The van der Waals surface area contributed by atoms with Gasteiger partial charge in [-0.1, -0.05) is 12.1 Å². The molecule has 102 valence electrons. The molecule has 0 radical (unpaired) electrons. The van der Waals surface area contributed by atoms with E-state index in [-0.39, 0.29) is 11.3 Å². The number of fused-ring (bicyclic) bond motifs is 1. The lowest BCUT2D eigenvalue weighted by atomic mass is 10.0. The van der Waals surface area contributed by atoms with Gasteiger partial charge in [-0.25, -0.2) is 4.39 Å². The molecule has 0 unspecified atom stereocenters. The van der Waals surface area contributed by atoms with E-state index in [0.717, 1.165) is 12.2 Å². The first-order valence-corrected chi connectivity index (χ1v) is 6.44. The van der Waals surface area contributed by atoms with Crippen LogP contribution in [-0.4, -0.2) is 26.0 Å². The first-order chi connectivity index (χ1) is 9.66. The predicted molar refractivity (Wildman–Crippen MR) is 75.0 cm³/mol. The van der Waals surface area contributed by atoms with E-state index in [4.69, 9.17) is 4.74 Å². The second-order valence-electron chi connectivity index (χ2n) is 4.76. The fourth-order valence-corrected chi connectivity index (χ4v) is 2.30. The molecule has 3 rings (SSSR count). The topological polar surface area (TPSA) is 29.5 Å². The molecular weight excluding hydrogens is 257 g/mol. The van der Waals surface area contributed by atoms with E-state index in [9.17, 15) is 9.18 Å². The third kappa shape index (κ3) is 2.13. The molecule has 0 aromatic heterocycles. The Kier molecular flexibility index (Phi) is 3.14. The summed E-state index contributed by atoms with van der Waals surface area (Å²) in [5.41, 5.74) is 1.46. The molecule has 0 saturated heterocycles. The predicted octanol–water partition coefficient (Wildman–Crippen LogP) is 2.89. The Bertz CT molecular complexity index is 669. The Hall–Kier alpha value is -2.36. The monoisotopic (exact) mass is 271 g/mol. The van der Waals surface area contributed by atoms with Crippen molar-refractivity contribution in [3.63, 3.8) is 0 Å². The van der Waals surface area contributed by atoms with Gasteiger partial charge in [0.2, 0.25) is 0 Å². The summed E-state index contributed by atoms with van der Waals surface area (Å²) < 4.78 is 19.2. The molecule has 3 nitrogen and oxygen atoms in total. The molecule has 1 aliphatic heterocycles. The molecule has 2 aromatic rings. The largest absolute Gasteiger partial charge is 0.490 e. The zero-order valence-electron chi connectivity index (χ0n) is 11.1. The normalized spacial score (nSPS) is 13.6. The fraction of sp³-hybridized carbons (Fsp3) is 0.188. The Morgan fingerprint density at radius 1 is 1.25 bits per heavy atom. The van der Waals surface area contributed by atoms with Crippen molar-refractivity contribution in [3.8, 4) is 5.75 Å². The van der Waals surface area contributed by atoms with Gasteiger partial charge in [-0.2, -0.15) is 0 Å². The number of carbonyl (C=O) groups excluding carboxylic acids is 1. The number of rotatable bonds is 2. The van der Waals surface area contributed by atoms with Crippen LogP contribution in [0.4, 0.5) is 10.1 Å². The van der Waals surface area contributed by atoms with Gasteiger partial charge in [0.1, 0.15) is 18.2 Å². The van der Waals surface area contributed by atoms with E-state index in [2.05, 4.69) is 4.90 Å². The van der Waals surface area contributed by atoms with Crippen molar-refractivity contribution in [2.24, 2.45) is 0 Å². The quantitative estimate of drug-likeness (QED) is 0.787. The number of likely N-dealkylation sites (N-methyl/N-ethyl adjacent to an activating group) is 1. The van der Waals surface area contributed by atoms with Gasteiger partial charge in [-0.05, 0) is 30.3 Å². The average molecular weight is 271 g/mol. The summed E-state index contributed by atoms with van der Waals surface area (Å²) >= 11 is 0. The van der Waals surface area contributed by atoms with Crippen molar-refractivity contribution < 1.29 is 13.9 Å². The van der Waals surface area contributed by atoms with E-state index >= 15 is 0 Å². The summed E-state index contributed by atoms with van der Waals surface area (Å²) in [5.74, 6) is -0.170.